The van der Waals surface area contributed by atoms with E-state index in [1.165, 1.54) is 30.5 Å². The van der Waals surface area contributed by atoms with Crippen molar-refractivity contribution in [1.82, 2.24) is 14.6 Å². The molecule has 1 aromatic carbocycles. The molecule has 3 aromatic rings. The van der Waals surface area contributed by atoms with E-state index in [0.29, 0.717) is 5.56 Å². The Kier molecular flexibility index (Phi) is 8.88. The Balaban J connectivity index is 0.000000234. The van der Waals surface area contributed by atoms with Gasteiger partial charge in [0.15, 0.2) is 17.0 Å². The van der Waals surface area contributed by atoms with Crippen molar-refractivity contribution in [3.8, 4) is 0 Å². The number of hydrogen-bond acceptors (Lipinski definition) is 8. The molecule has 10 nitrogen and oxygen atoms in total. The van der Waals surface area contributed by atoms with Crippen molar-refractivity contribution < 1.29 is 29.0 Å². The van der Waals surface area contributed by atoms with Crippen LogP contribution < -0.4 is 5.73 Å². The SMILES string of the molecule is C=CCOC(=O)c1ccc2c(c1C)CC[C@@H]2N.COC(=O)c1cc(C(=O)O)n2nccc2n1.Cl. The Morgan fingerprint density at radius 1 is 1.29 bits per heavy atom. The number of methoxy groups -OCH3 is 1. The van der Waals surface area contributed by atoms with Gasteiger partial charge in [-0.15, -0.1) is 12.4 Å². The average molecular weight is 489 g/mol. The molecule has 4 rings (SSSR count). The summed E-state index contributed by atoms with van der Waals surface area (Å²) in [5.74, 6) is -2.17. The highest BCUT2D eigenvalue weighted by Crippen LogP contribution is 2.33. The molecule has 1 atom stereocenters. The number of fused-ring (bicyclic) bond motifs is 2. The molecule has 0 fully saturated rings. The minimum absolute atomic E-state index is 0. The highest BCUT2D eigenvalue weighted by atomic mass is 35.5. The summed E-state index contributed by atoms with van der Waals surface area (Å²) in [5, 5.41) is 12.7. The van der Waals surface area contributed by atoms with E-state index >= 15 is 0 Å². The summed E-state index contributed by atoms with van der Waals surface area (Å²) in [6.07, 6.45) is 4.87. The largest absolute Gasteiger partial charge is 0.477 e. The van der Waals surface area contributed by atoms with Crippen molar-refractivity contribution in [3.63, 3.8) is 0 Å². The van der Waals surface area contributed by atoms with Crippen LogP contribution in [0, 0.1) is 6.92 Å². The van der Waals surface area contributed by atoms with E-state index in [2.05, 4.69) is 21.4 Å². The molecule has 2 aromatic heterocycles. The molecular weight excluding hydrogens is 464 g/mol. The van der Waals surface area contributed by atoms with E-state index < -0.39 is 11.9 Å². The Labute approximate surface area is 201 Å². The number of nitrogens with zero attached hydrogens (tertiary/aromatic N) is 3. The Morgan fingerprint density at radius 2 is 2.03 bits per heavy atom. The zero-order valence-corrected chi connectivity index (χ0v) is 19.5. The molecule has 0 aliphatic heterocycles. The predicted molar refractivity (Wildman–Crippen MR) is 125 cm³/mol. The monoisotopic (exact) mass is 488 g/mol. The third kappa shape index (κ3) is 5.41. The number of ether oxygens (including phenoxy) is 2. The molecule has 1 aliphatic rings. The topological polar surface area (TPSA) is 146 Å². The molecule has 11 heteroatoms. The quantitative estimate of drug-likeness (QED) is 0.408. The van der Waals surface area contributed by atoms with Crippen molar-refractivity contribution in [3.05, 3.63) is 76.8 Å². The molecular formula is C23H25ClN4O6. The number of carboxylic acids is 1. The second-order valence-corrected chi connectivity index (χ2v) is 7.26. The lowest BCUT2D eigenvalue weighted by molar-refractivity contribution is 0.0546. The summed E-state index contributed by atoms with van der Waals surface area (Å²) in [5.41, 5.74) is 10.1. The summed E-state index contributed by atoms with van der Waals surface area (Å²) in [7, 11) is 1.20. The number of carboxylic acid groups (broad SMARTS) is 1. The van der Waals surface area contributed by atoms with Crippen molar-refractivity contribution in [2.45, 2.75) is 25.8 Å². The standard InChI is InChI=1S/C14H17NO2.C9H7N3O4.ClH/c1-3-8-17-14(16)11-4-5-12-10(9(11)2)6-7-13(12)15;1-16-9(15)5-4-6(8(13)14)12-7(11-5)2-3-10-12;/h3-5,13H,1,6-8,15H2,2H3;2-4H,1H3,(H,13,14);1H/t13-;;/m0../s1. The van der Waals surface area contributed by atoms with Gasteiger partial charge in [0, 0.05) is 18.2 Å². The first-order valence-corrected chi connectivity index (χ1v) is 10.1. The number of aromatic carboxylic acids is 1. The smallest absolute Gasteiger partial charge is 0.356 e. The number of benzene rings is 1. The lowest BCUT2D eigenvalue weighted by Gasteiger charge is -2.11. The average Bonchev–Trinajstić information content (AvgIpc) is 3.43. The maximum absolute atomic E-state index is 11.8. The van der Waals surface area contributed by atoms with Gasteiger partial charge in [-0.05, 0) is 42.5 Å². The molecule has 180 valence electrons. The van der Waals surface area contributed by atoms with Crippen LogP contribution in [-0.2, 0) is 15.9 Å². The van der Waals surface area contributed by atoms with E-state index in [1.54, 1.807) is 6.08 Å². The van der Waals surface area contributed by atoms with Gasteiger partial charge in [0.05, 0.1) is 18.9 Å². The van der Waals surface area contributed by atoms with Crippen molar-refractivity contribution in [1.29, 1.82) is 0 Å². The molecule has 34 heavy (non-hydrogen) atoms. The van der Waals surface area contributed by atoms with Crippen LogP contribution in [0.15, 0.2) is 43.1 Å². The highest BCUT2D eigenvalue weighted by Gasteiger charge is 2.24. The van der Waals surface area contributed by atoms with Crippen LogP contribution in [0.3, 0.4) is 0 Å². The molecule has 0 saturated carbocycles. The predicted octanol–water partition coefficient (Wildman–Crippen LogP) is 2.92. The number of halogens is 1. The number of carbonyl (C=O) groups excluding carboxylic acids is 2. The maximum Gasteiger partial charge on any atom is 0.356 e. The van der Waals surface area contributed by atoms with Crippen LogP contribution in [0.4, 0.5) is 0 Å². The second-order valence-electron chi connectivity index (χ2n) is 7.26. The molecule has 0 unspecified atom stereocenters. The fourth-order valence-corrected chi connectivity index (χ4v) is 3.62. The van der Waals surface area contributed by atoms with Gasteiger partial charge in [0.2, 0.25) is 0 Å². The minimum atomic E-state index is -1.19. The van der Waals surface area contributed by atoms with Gasteiger partial charge in [-0.25, -0.2) is 23.9 Å². The van der Waals surface area contributed by atoms with E-state index in [9.17, 15) is 14.4 Å². The van der Waals surface area contributed by atoms with Crippen LogP contribution in [0.5, 0.6) is 0 Å². The molecule has 0 saturated heterocycles. The molecule has 0 bridgehead atoms. The first kappa shape index (κ1) is 26.5. The van der Waals surface area contributed by atoms with Crippen molar-refractivity contribution >= 4 is 36.0 Å². The Bertz CT molecular complexity index is 1240. The van der Waals surface area contributed by atoms with Gasteiger partial charge in [0.25, 0.3) is 0 Å². The summed E-state index contributed by atoms with van der Waals surface area (Å²) in [6, 6.07) is 6.49. The molecule has 0 spiro atoms. The second kappa shape index (κ2) is 11.4. The van der Waals surface area contributed by atoms with E-state index in [1.807, 2.05) is 19.1 Å². The van der Waals surface area contributed by atoms with Gasteiger partial charge < -0.3 is 20.3 Å². The molecule has 1 aliphatic carbocycles. The third-order valence-electron chi connectivity index (χ3n) is 5.26. The van der Waals surface area contributed by atoms with Gasteiger partial charge in [0.1, 0.15) is 6.61 Å². The van der Waals surface area contributed by atoms with Crippen molar-refractivity contribution in [2.75, 3.05) is 13.7 Å². The summed E-state index contributed by atoms with van der Waals surface area (Å²) >= 11 is 0. The normalized spacial score (nSPS) is 13.7. The summed E-state index contributed by atoms with van der Waals surface area (Å²) in [6.45, 7) is 5.73. The molecule has 3 N–H and O–H groups in total. The maximum atomic E-state index is 11.8. The van der Waals surface area contributed by atoms with Crippen LogP contribution in [-0.4, -0.2) is 51.3 Å². The number of aromatic nitrogens is 3. The lowest BCUT2D eigenvalue weighted by Crippen LogP contribution is -2.12. The summed E-state index contributed by atoms with van der Waals surface area (Å²) in [4.78, 5) is 37.9. The Hall–Kier alpha value is -3.76. The minimum Gasteiger partial charge on any atom is -0.477 e. The van der Waals surface area contributed by atoms with Gasteiger partial charge in [-0.2, -0.15) is 5.10 Å². The first-order chi connectivity index (χ1) is 15.8. The first-order valence-electron chi connectivity index (χ1n) is 10.1. The number of rotatable bonds is 5. The third-order valence-corrected chi connectivity index (χ3v) is 5.26. The number of carbonyl (C=O) groups is 3. The van der Waals surface area contributed by atoms with Crippen LogP contribution in [0.25, 0.3) is 5.65 Å². The van der Waals surface area contributed by atoms with Gasteiger partial charge in [-0.3, -0.25) is 0 Å². The van der Waals surface area contributed by atoms with E-state index in [4.69, 9.17) is 15.6 Å². The fourth-order valence-electron chi connectivity index (χ4n) is 3.62. The zero-order valence-electron chi connectivity index (χ0n) is 18.7. The summed E-state index contributed by atoms with van der Waals surface area (Å²) < 4.78 is 10.7. The van der Waals surface area contributed by atoms with Crippen LogP contribution in [0.1, 0.15) is 60.5 Å². The van der Waals surface area contributed by atoms with Gasteiger partial charge in [-0.1, -0.05) is 18.7 Å². The number of nitrogens with two attached hydrogens (primary N) is 1. The zero-order chi connectivity index (χ0) is 24.1. The number of hydrogen-bond donors (Lipinski definition) is 2. The van der Waals surface area contributed by atoms with E-state index in [-0.39, 0.29) is 48.1 Å². The van der Waals surface area contributed by atoms with Crippen LogP contribution in [0.2, 0.25) is 0 Å². The van der Waals surface area contributed by atoms with Crippen molar-refractivity contribution in [2.24, 2.45) is 5.73 Å². The Morgan fingerprint density at radius 3 is 2.68 bits per heavy atom. The lowest BCUT2D eigenvalue weighted by atomic mass is 9.98. The number of esters is 2. The highest BCUT2D eigenvalue weighted by molar-refractivity contribution is 5.93. The fraction of sp³-hybridized carbons (Fsp3) is 0.261. The molecule has 2 heterocycles. The van der Waals surface area contributed by atoms with Gasteiger partial charge >= 0.3 is 17.9 Å². The molecule has 0 amide bonds. The van der Waals surface area contributed by atoms with E-state index in [0.717, 1.165) is 29.0 Å². The molecule has 0 radical (unpaired) electrons. The van der Waals surface area contributed by atoms with Crippen LogP contribution >= 0.6 is 12.4 Å².